The number of nitrogens with one attached hydrogen (secondary N) is 2. The summed E-state index contributed by atoms with van der Waals surface area (Å²) in [5.74, 6) is -1.23. The second-order valence-corrected chi connectivity index (χ2v) is 7.59. The monoisotopic (exact) mass is 379 g/mol. The molecule has 2 aromatic carbocycles. The Labute approximate surface area is 167 Å². The first kappa shape index (κ1) is 19.9. The Morgan fingerprint density at radius 3 is 2.14 bits per heavy atom. The zero-order valence-electron chi connectivity index (χ0n) is 17.0. The van der Waals surface area contributed by atoms with Crippen LogP contribution in [0.4, 0.5) is 11.4 Å². The predicted octanol–water partition coefficient (Wildman–Crippen LogP) is 3.51. The van der Waals surface area contributed by atoms with Crippen molar-refractivity contribution in [3.05, 3.63) is 58.7 Å². The molecule has 0 bridgehead atoms. The van der Waals surface area contributed by atoms with Gasteiger partial charge in [0.25, 0.3) is 0 Å². The molecule has 1 aliphatic heterocycles. The van der Waals surface area contributed by atoms with Crippen LogP contribution in [-0.2, 0) is 16.0 Å². The van der Waals surface area contributed by atoms with Gasteiger partial charge < -0.3 is 15.5 Å². The van der Waals surface area contributed by atoms with Gasteiger partial charge in [-0.15, -0.1) is 0 Å². The summed E-state index contributed by atoms with van der Waals surface area (Å²) in [6.45, 7) is 8.56. The quantitative estimate of drug-likeness (QED) is 0.782. The molecule has 1 heterocycles. The Morgan fingerprint density at radius 1 is 0.929 bits per heavy atom. The minimum absolute atomic E-state index is 0.432. The molecule has 1 aliphatic rings. The highest BCUT2D eigenvalue weighted by molar-refractivity contribution is 6.39. The second kappa shape index (κ2) is 8.91. The van der Waals surface area contributed by atoms with Gasteiger partial charge in [0.05, 0.1) is 0 Å². The van der Waals surface area contributed by atoms with Crippen molar-refractivity contribution in [1.82, 2.24) is 5.32 Å². The van der Waals surface area contributed by atoms with Crippen LogP contribution in [0.25, 0.3) is 0 Å². The van der Waals surface area contributed by atoms with Gasteiger partial charge in [0.1, 0.15) is 0 Å². The number of amides is 2. The lowest BCUT2D eigenvalue weighted by Crippen LogP contribution is -2.36. The fourth-order valence-electron chi connectivity index (χ4n) is 3.80. The van der Waals surface area contributed by atoms with Crippen molar-refractivity contribution in [2.45, 2.75) is 40.0 Å². The van der Waals surface area contributed by atoms with Gasteiger partial charge >= 0.3 is 11.8 Å². The molecule has 2 N–H and O–H groups in total. The minimum atomic E-state index is -0.626. The first-order chi connectivity index (χ1) is 13.4. The van der Waals surface area contributed by atoms with Gasteiger partial charge in [-0.05, 0) is 68.9 Å². The van der Waals surface area contributed by atoms with Crippen molar-refractivity contribution in [1.29, 1.82) is 0 Å². The fourth-order valence-corrected chi connectivity index (χ4v) is 3.80. The highest BCUT2D eigenvalue weighted by Crippen LogP contribution is 2.22. The number of hydrogen-bond donors (Lipinski definition) is 2. The molecule has 2 amide bonds. The van der Waals surface area contributed by atoms with E-state index in [1.165, 1.54) is 18.5 Å². The molecule has 1 fully saturated rings. The third-order valence-electron chi connectivity index (χ3n) is 5.23. The summed E-state index contributed by atoms with van der Waals surface area (Å²) < 4.78 is 0. The van der Waals surface area contributed by atoms with E-state index < -0.39 is 11.8 Å². The largest absolute Gasteiger partial charge is 0.372 e. The first-order valence-corrected chi connectivity index (χ1v) is 9.95. The number of benzene rings is 2. The number of nitrogens with zero attached hydrogens (tertiary/aromatic N) is 1. The van der Waals surface area contributed by atoms with Crippen LogP contribution in [0.3, 0.4) is 0 Å². The van der Waals surface area contributed by atoms with E-state index in [9.17, 15) is 9.59 Å². The summed E-state index contributed by atoms with van der Waals surface area (Å²) in [6, 6.07) is 12.5. The maximum atomic E-state index is 12.2. The fraction of sp³-hybridized carbons (Fsp3) is 0.391. The third-order valence-corrected chi connectivity index (χ3v) is 5.23. The highest BCUT2D eigenvalue weighted by atomic mass is 16.2. The van der Waals surface area contributed by atoms with Gasteiger partial charge in [0.15, 0.2) is 0 Å². The van der Waals surface area contributed by atoms with E-state index in [1.807, 2.05) is 32.9 Å². The smallest absolute Gasteiger partial charge is 0.313 e. The molecule has 0 aliphatic carbocycles. The van der Waals surface area contributed by atoms with E-state index >= 15 is 0 Å². The van der Waals surface area contributed by atoms with Crippen molar-refractivity contribution in [2.24, 2.45) is 0 Å². The van der Waals surface area contributed by atoms with E-state index in [4.69, 9.17) is 0 Å². The Balaban J connectivity index is 1.48. The number of rotatable bonds is 5. The SMILES string of the molecule is Cc1cc(C)c(NC(=O)C(=O)NCCc2ccc(N3CCCC3)cc2)c(C)c1. The van der Waals surface area contributed by atoms with Crippen LogP contribution < -0.4 is 15.5 Å². The molecule has 0 radical (unpaired) electrons. The normalized spacial score (nSPS) is 13.5. The van der Waals surface area contributed by atoms with E-state index in [1.54, 1.807) is 0 Å². The van der Waals surface area contributed by atoms with Gasteiger partial charge in [0, 0.05) is 31.0 Å². The Hall–Kier alpha value is -2.82. The van der Waals surface area contributed by atoms with Crippen LogP contribution >= 0.6 is 0 Å². The maximum absolute atomic E-state index is 12.2. The van der Waals surface area contributed by atoms with Crippen LogP contribution in [0.5, 0.6) is 0 Å². The molecule has 0 spiro atoms. The Morgan fingerprint density at radius 2 is 1.54 bits per heavy atom. The standard InChI is InChI=1S/C23H29N3O2/c1-16-14-17(2)21(18(3)15-16)25-23(28)22(27)24-11-10-19-6-8-20(9-7-19)26-12-4-5-13-26/h6-9,14-15H,4-5,10-13H2,1-3H3,(H,24,27)(H,25,28). The van der Waals surface area contributed by atoms with E-state index in [-0.39, 0.29) is 0 Å². The summed E-state index contributed by atoms with van der Waals surface area (Å²) in [7, 11) is 0. The average molecular weight is 380 g/mol. The molecule has 28 heavy (non-hydrogen) atoms. The molecule has 0 saturated carbocycles. The average Bonchev–Trinajstić information content (AvgIpc) is 3.19. The summed E-state index contributed by atoms with van der Waals surface area (Å²) >= 11 is 0. The molecular formula is C23H29N3O2. The summed E-state index contributed by atoms with van der Waals surface area (Å²) in [4.78, 5) is 26.7. The van der Waals surface area contributed by atoms with Crippen molar-refractivity contribution in [3.63, 3.8) is 0 Å². The van der Waals surface area contributed by atoms with Crippen LogP contribution in [0, 0.1) is 20.8 Å². The van der Waals surface area contributed by atoms with Crippen molar-refractivity contribution in [2.75, 3.05) is 29.9 Å². The summed E-state index contributed by atoms with van der Waals surface area (Å²) in [5, 5.41) is 5.45. The lowest BCUT2D eigenvalue weighted by Gasteiger charge is -2.17. The summed E-state index contributed by atoms with van der Waals surface area (Å²) in [5.41, 5.74) is 6.16. The number of hydrogen-bond acceptors (Lipinski definition) is 3. The maximum Gasteiger partial charge on any atom is 0.313 e. The first-order valence-electron chi connectivity index (χ1n) is 9.95. The predicted molar refractivity (Wildman–Crippen MR) is 114 cm³/mol. The lowest BCUT2D eigenvalue weighted by molar-refractivity contribution is -0.136. The van der Waals surface area contributed by atoms with Gasteiger partial charge in [-0.3, -0.25) is 9.59 Å². The lowest BCUT2D eigenvalue weighted by atomic mass is 10.1. The third kappa shape index (κ3) is 4.91. The Bertz CT molecular complexity index is 830. The van der Waals surface area contributed by atoms with E-state index in [2.05, 4.69) is 39.8 Å². The second-order valence-electron chi connectivity index (χ2n) is 7.59. The molecule has 0 aromatic heterocycles. The Kier molecular flexibility index (Phi) is 6.34. The van der Waals surface area contributed by atoms with Crippen LogP contribution in [0.2, 0.25) is 0 Å². The molecule has 5 nitrogen and oxygen atoms in total. The molecule has 0 atom stereocenters. The van der Waals surface area contributed by atoms with Gasteiger partial charge in [0.2, 0.25) is 0 Å². The number of carbonyl (C=O) groups is 2. The minimum Gasteiger partial charge on any atom is -0.372 e. The van der Waals surface area contributed by atoms with Gasteiger partial charge in [-0.1, -0.05) is 29.8 Å². The zero-order valence-corrected chi connectivity index (χ0v) is 17.0. The molecule has 0 unspecified atom stereocenters. The molecule has 5 heteroatoms. The highest BCUT2D eigenvalue weighted by Gasteiger charge is 2.16. The van der Waals surface area contributed by atoms with Crippen LogP contribution in [0.1, 0.15) is 35.1 Å². The van der Waals surface area contributed by atoms with E-state index in [0.29, 0.717) is 18.7 Å². The van der Waals surface area contributed by atoms with Gasteiger partial charge in [-0.2, -0.15) is 0 Å². The van der Waals surface area contributed by atoms with Crippen molar-refractivity contribution >= 4 is 23.2 Å². The molecule has 2 aromatic rings. The van der Waals surface area contributed by atoms with Crippen molar-refractivity contribution in [3.8, 4) is 0 Å². The number of carbonyl (C=O) groups excluding carboxylic acids is 2. The van der Waals surface area contributed by atoms with Crippen molar-refractivity contribution < 1.29 is 9.59 Å². The topological polar surface area (TPSA) is 61.4 Å². The number of anilines is 2. The molecule has 1 saturated heterocycles. The van der Waals surface area contributed by atoms with Crippen LogP contribution in [-0.4, -0.2) is 31.4 Å². The van der Waals surface area contributed by atoms with Gasteiger partial charge in [-0.25, -0.2) is 0 Å². The van der Waals surface area contributed by atoms with E-state index in [0.717, 1.165) is 35.3 Å². The molecule has 148 valence electrons. The molecule has 3 rings (SSSR count). The number of aryl methyl sites for hydroxylation is 3. The zero-order chi connectivity index (χ0) is 20.1. The summed E-state index contributed by atoms with van der Waals surface area (Å²) in [6.07, 6.45) is 3.22. The van der Waals surface area contributed by atoms with Crippen LogP contribution in [0.15, 0.2) is 36.4 Å². The molecular weight excluding hydrogens is 350 g/mol.